The van der Waals surface area contributed by atoms with Crippen LogP contribution in [0.2, 0.25) is 0 Å². The molecular formula is C14H15N3O3. The number of carboxylic acid groups (broad SMARTS) is 1. The number of nitrogens with one attached hydrogen (secondary N) is 1. The van der Waals surface area contributed by atoms with Gasteiger partial charge >= 0.3 is 5.97 Å². The Kier molecular flexibility index (Phi) is 3.14. The van der Waals surface area contributed by atoms with Gasteiger partial charge in [-0.2, -0.15) is 0 Å². The number of imidazole rings is 1. The minimum atomic E-state index is -0.950. The van der Waals surface area contributed by atoms with Gasteiger partial charge in [-0.1, -0.05) is 12.1 Å². The molecule has 1 aliphatic heterocycles. The first-order valence-corrected chi connectivity index (χ1v) is 6.65. The number of hydrogen-bond acceptors (Lipinski definition) is 3. The predicted molar refractivity (Wildman–Crippen MR) is 72.4 cm³/mol. The van der Waals surface area contributed by atoms with Gasteiger partial charge in [0.25, 0.3) is 5.91 Å². The van der Waals surface area contributed by atoms with Crippen LogP contribution in [0.1, 0.15) is 29.9 Å². The molecule has 104 valence electrons. The zero-order valence-corrected chi connectivity index (χ0v) is 10.9. The van der Waals surface area contributed by atoms with Crippen molar-refractivity contribution >= 4 is 22.9 Å². The lowest BCUT2D eigenvalue weighted by Gasteiger charge is -2.32. The van der Waals surface area contributed by atoms with Crippen molar-refractivity contribution in [3.05, 3.63) is 30.1 Å². The SMILES string of the molecule is O=C(O)C1CCCCN1C(=O)c1nc2ccccc2[nH]1. The second-order valence-electron chi connectivity index (χ2n) is 4.95. The number of aliphatic carboxylic acids is 1. The number of benzene rings is 1. The Labute approximate surface area is 115 Å². The third kappa shape index (κ3) is 2.13. The topological polar surface area (TPSA) is 86.3 Å². The fourth-order valence-corrected chi connectivity index (χ4v) is 2.62. The van der Waals surface area contributed by atoms with Crippen molar-refractivity contribution in [2.24, 2.45) is 0 Å². The third-order valence-corrected chi connectivity index (χ3v) is 3.64. The summed E-state index contributed by atoms with van der Waals surface area (Å²) in [4.78, 5) is 32.3. The number of likely N-dealkylation sites (tertiary alicyclic amines) is 1. The van der Waals surface area contributed by atoms with Gasteiger partial charge in [0.2, 0.25) is 0 Å². The van der Waals surface area contributed by atoms with Crippen LogP contribution < -0.4 is 0 Å². The van der Waals surface area contributed by atoms with E-state index in [1.165, 1.54) is 4.90 Å². The number of para-hydroxylation sites is 2. The summed E-state index contributed by atoms with van der Waals surface area (Å²) < 4.78 is 0. The molecule has 3 rings (SSSR count). The molecule has 0 bridgehead atoms. The zero-order valence-electron chi connectivity index (χ0n) is 10.9. The molecule has 6 nitrogen and oxygen atoms in total. The summed E-state index contributed by atoms with van der Waals surface area (Å²) in [7, 11) is 0. The van der Waals surface area contributed by atoms with Crippen LogP contribution in [0.5, 0.6) is 0 Å². The summed E-state index contributed by atoms with van der Waals surface area (Å²) in [5, 5.41) is 9.22. The number of amides is 1. The fourth-order valence-electron chi connectivity index (χ4n) is 2.62. The number of fused-ring (bicyclic) bond motifs is 1. The fraction of sp³-hybridized carbons (Fsp3) is 0.357. The standard InChI is InChI=1S/C14H15N3O3/c18-13(17-8-4-3-7-11(17)14(19)20)12-15-9-5-1-2-6-10(9)16-12/h1-2,5-6,11H,3-4,7-8H2,(H,15,16)(H,19,20). The molecule has 1 saturated heterocycles. The maximum Gasteiger partial charge on any atom is 0.326 e. The van der Waals surface area contributed by atoms with E-state index in [0.717, 1.165) is 18.4 Å². The van der Waals surface area contributed by atoms with Gasteiger partial charge in [-0.25, -0.2) is 9.78 Å². The van der Waals surface area contributed by atoms with Gasteiger partial charge in [-0.15, -0.1) is 0 Å². The first-order chi connectivity index (χ1) is 9.66. The summed E-state index contributed by atoms with van der Waals surface area (Å²) >= 11 is 0. The van der Waals surface area contributed by atoms with E-state index in [1.807, 2.05) is 24.3 Å². The van der Waals surface area contributed by atoms with E-state index in [2.05, 4.69) is 9.97 Å². The lowest BCUT2D eigenvalue weighted by Crippen LogP contribution is -2.48. The molecule has 1 atom stereocenters. The number of carboxylic acids is 1. The number of aromatic amines is 1. The van der Waals surface area contributed by atoms with Crippen molar-refractivity contribution in [1.29, 1.82) is 0 Å². The smallest absolute Gasteiger partial charge is 0.326 e. The summed E-state index contributed by atoms with van der Waals surface area (Å²) in [6.45, 7) is 0.465. The number of nitrogens with zero attached hydrogens (tertiary/aromatic N) is 2. The lowest BCUT2D eigenvalue weighted by molar-refractivity contribution is -0.143. The minimum Gasteiger partial charge on any atom is -0.480 e. The quantitative estimate of drug-likeness (QED) is 0.871. The number of piperidine rings is 1. The molecule has 1 aromatic carbocycles. The molecule has 1 aliphatic rings. The van der Waals surface area contributed by atoms with E-state index in [-0.39, 0.29) is 11.7 Å². The molecule has 6 heteroatoms. The van der Waals surface area contributed by atoms with Crippen molar-refractivity contribution in [3.63, 3.8) is 0 Å². The van der Waals surface area contributed by atoms with Crippen LogP contribution in [0.15, 0.2) is 24.3 Å². The molecule has 20 heavy (non-hydrogen) atoms. The Hall–Kier alpha value is -2.37. The van der Waals surface area contributed by atoms with Gasteiger partial charge in [-0.3, -0.25) is 4.79 Å². The summed E-state index contributed by atoms with van der Waals surface area (Å²) in [5.41, 5.74) is 1.49. The summed E-state index contributed by atoms with van der Waals surface area (Å²) in [6.07, 6.45) is 2.16. The van der Waals surface area contributed by atoms with E-state index >= 15 is 0 Å². The summed E-state index contributed by atoms with van der Waals surface area (Å²) in [6, 6.07) is 6.61. The van der Waals surface area contributed by atoms with Gasteiger partial charge < -0.3 is 15.0 Å². The maximum atomic E-state index is 12.5. The molecule has 0 saturated carbocycles. The third-order valence-electron chi connectivity index (χ3n) is 3.64. The van der Waals surface area contributed by atoms with Gasteiger partial charge in [0.05, 0.1) is 11.0 Å². The van der Waals surface area contributed by atoms with Crippen molar-refractivity contribution in [1.82, 2.24) is 14.9 Å². The van der Waals surface area contributed by atoms with Crippen molar-refractivity contribution < 1.29 is 14.7 Å². The average molecular weight is 273 g/mol. The molecule has 1 unspecified atom stereocenters. The van der Waals surface area contributed by atoms with E-state index in [4.69, 9.17) is 0 Å². The Bertz CT molecular complexity index is 631. The Balaban J connectivity index is 1.92. The molecule has 0 radical (unpaired) electrons. The van der Waals surface area contributed by atoms with Gasteiger partial charge in [0, 0.05) is 6.54 Å². The minimum absolute atomic E-state index is 0.208. The van der Waals surface area contributed by atoms with Crippen molar-refractivity contribution in [2.75, 3.05) is 6.54 Å². The van der Waals surface area contributed by atoms with Crippen LogP contribution in [-0.2, 0) is 4.79 Å². The van der Waals surface area contributed by atoms with Crippen LogP contribution in [0.3, 0.4) is 0 Å². The average Bonchev–Trinajstić information content (AvgIpc) is 2.90. The second-order valence-corrected chi connectivity index (χ2v) is 4.95. The first-order valence-electron chi connectivity index (χ1n) is 6.65. The Morgan fingerprint density at radius 2 is 2.10 bits per heavy atom. The number of aromatic nitrogens is 2. The molecule has 1 aromatic heterocycles. The molecule has 0 spiro atoms. The lowest BCUT2D eigenvalue weighted by atomic mass is 10.0. The highest BCUT2D eigenvalue weighted by molar-refractivity contribution is 5.96. The van der Waals surface area contributed by atoms with E-state index in [0.29, 0.717) is 18.5 Å². The number of hydrogen-bond donors (Lipinski definition) is 2. The largest absolute Gasteiger partial charge is 0.480 e. The number of rotatable bonds is 2. The van der Waals surface area contributed by atoms with Crippen LogP contribution >= 0.6 is 0 Å². The highest BCUT2D eigenvalue weighted by Gasteiger charge is 2.33. The van der Waals surface area contributed by atoms with E-state index in [9.17, 15) is 14.7 Å². The molecule has 1 fully saturated rings. The second kappa shape index (κ2) is 4.96. The predicted octanol–water partition coefficient (Wildman–Crippen LogP) is 1.64. The number of carbonyl (C=O) groups excluding carboxylic acids is 1. The van der Waals surface area contributed by atoms with Gasteiger partial charge in [-0.05, 0) is 31.4 Å². The number of carbonyl (C=O) groups is 2. The highest BCUT2D eigenvalue weighted by Crippen LogP contribution is 2.20. The molecular weight excluding hydrogens is 258 g/mol. The number of H-pyrrole nitrogens is 1. The van der Waals surface area contributed by atoms with Gasteiger partial charge in [0.1, 0.15) is 6.04 Å². The van der Waals surface area contributed by atoms with E-state index < -0.39 is 12.0 Å². The summed E-state index contributed by atoms with van der Waals surface area (Å²) in [5.74, 6) is -1.08. The van der Waals surface area contributed by atoms with Crippen molar-refractivity contribution in [2.45, 2.75) is 25.3 Å². The normalized spacial score (nSPS) is 19.2. The molecule has 2 aromatic rings. The highest BCUT2D eigenvalue weighted by atomic mass is 16.4. The Morgan fingerprint density at radius 3 is 2.85 bits per heavy atom. The molecule has 0 aliphatic carbocycles. The van der Waals surface area contributed by atoms with Crippen LogP contribution in [0, 0.1) is 0 Å². The monoisotopic (exact) mass is 273 g/mol. The maximum absolute atomic E-state index is 12.5. The van der Waals surface area contributed by atoms with Gasteiger partial charge in [0.15, 0.2) is 5.82 Å². The van der Waals surface area contributed by atoms with Crippen LogP contribution in [0.25, 0.3) is 11.0 Å². The van der Waals surface area contributed by atoms with Crippen molar-refractivity contribution in [3.8, 4) is 0 Å². The first kappa shape index (κ1) is 12.7. The molecule has 2 heterocycles. The molecule has 2 N–H and O–H groups in total. The zero-order chi connectivity index (χ0) is 14.1. The van der Waals surface area contributed by atoms with Crippen LogP contribution in [0.4, 0.5) is 0 Å². The molecule has 1 amide bonds. The van der Waals surface area contributed by atoms with Crippen LogP contribution in [-0.4, -0.2) is 44.4 Å². The van der Waals surface area contributed by atoms with E-state index in [1.54, 1.807) is 0 Å². The Morgan fingerprint density at radius 1 is 1.30 bits per heavy atom.